The second-order valence-corrected chi connectivity index (χ2v) is 6.44. The van der Waals surface area contributed by atoms with E-state index in [9.17, 15) is 4.79 Å². The van der Waals surface area contributed by atoms with E-state index in [4.69, 9.17) is 4.74 Å². The predicted molar refractivity (Wildman–Crippen MR) is 94.3 cm³/mol. The molecular weight excluding hydrogens is 308 g/mol. The summed E-state index contributed by atoms with van der Waals surface area (Å²) in [5.41, 5.74) is 3.29. The van der Waals surface area contributed by atoms with Crippen LogP contribution in [0.25, 0.3) is 10.2 Å². The lowest BCUT2D eigenvalue weighted by molar-refractivity contribution is -0.116. The fourth-order valence-corrected chi connectivity index (χ4v) is 3.44. The van der Waals surface area contributed by atoms with E-state index in [1.165, 1.54) is 16.9 Å². The fraction of sp³-hybridized carbons (Fsp3) is 0.222. The minimum Gasteiger partial charge on any atom is -0.493 e. The molecule has 0 fully saturated rings. The number of para-hydroxylation sites is 1. The lowest BCUT2D eigenvalue weighted by Gasteiger charge is -2.05. The molecule has 3 rings (SSSR count). The Kier molecular flexibility index (Phi) is 4.57. The summed E-state index contributed by atoms with van der Waals surface area (Å²) in [7, 11) is 0. The van der Waals surface area contributed by atoms with Crippen LogP contribution in [0.3, 0.4) is 0 Å². The van der Waals surface area contributed by atoms with Crippen LogP contribution < -0.4 is 10.1 Å². The number of benzene rings is 2. The number of aromatic nitrogens is 1. The van der Waals surface area contributed by atoms with Crippen molar-refractivity contribution in [3.8, 4) is 5.75 Å². The first-order valence-electron chi connectivity index (χ1n) is 7.47. The van der Waals surface area contributed by atoms with Gasteiger partial charge in [0.2, 0.25) is 5.91 Å². The molecule has 1 heterocycles. The van der Waals surface area contributed by atoms with Gasteiger partial charge in [0.1, 0.15) is 5.75 Å². The number of hydrogen-bond donors (Lipinski definition) is 1. The summed E-state index contributed by atoms with van der Waals surface area (Å²) >= 11 is 1.50. The van der Waals surface area contributed by atoms with Crippen LogP contribution in [0.5, 0.6) is 5.75 Å². The second-order valence-electron chi connectivity index (χ2n) is 5.41. The number of thiazole rings is 1. The summed E-state index contributed by atoms with van der Waals surface area (Å²) in [6, 6.07) is 13.7. The summed E-state index contributed by atoms with van der Waals surface area (Å²) < 4.78 is 6.63. The summed E-state index contributed by atoms with van der Waals surface area (Å²) in [5.74, 6) is 0.681. The van der Waals surface area contributed by atoms with Gasteiger partial charge in [0.25, 0.3) is 0 Å². The van der Waals surface area contributed by atoms with Crippen LogP contribution in [0, 0.1) is 13.8 Å². The van der Waals surface area contributed by atoms with Gasteiger partial charge in [0, 0.05) is 0 Å². The zero-order valence-electron chi connectivity index (χ0n) is 13.1. The third-order valence-corrected chi connectivity index (χ3v) is 4.34. The number of amides is 1. The molecule has 5 heteroatoms. The van der Waals surface area contributed by atoms with Gasteiger partial charge in [-0.2, -0.15) is 0 Å². The molecular formula is C18H18N2O2S. The first kappa shape index (κ1) is 15.5. The van der Waals surface area contributed by atoms with E-state index < -0.39 is 0 Å². The molecule has 0 saturated carbocycles. The molecule has 1 N–H and O–H groups in total. The van der Waals surface area contributed by atoms with Crippen molar-refractivity contribution in [3.63, 3.8) is 0 Å². The molecule has 0 saturated heterocycles. The normalized spacial score (nSPS) is 10.7. The van der Waals surface area contributed by atoms with Gasteiger partial charge in [-0.3, -0.25) is 4.79 Å². The number of ether oxygens (including phenoxy) is 1. The Morgan fingerprint density at radius 1 is 1.22 bits per heavy atom. The van der Waals surface area contributed by atoms with Gasteiger partial charge in [0.15, 0.2) is 5.13 Å². The fourth-order valence-electron chi connectivity index (χ4n) is 2.38. The zero-order valence-corrected chi connectivity index (χ0v) is 13.9. The number of carbonyl (C=O) groups is 1. The molecule has 4 nitrogen and oxygen atoms in total. The van der Waals surface area contributed by atoms with Crippen molar-refractivity contribution in [2.45, 2.75) is 20.3 Å². The first-order valence-corrected chi connectivity index (χ1v) is 8.29. The number of aryl methyl sites for hydroxylation is 2. The molecule has 1 aromatic heterocycles. The molecule has 3 aromatic rings. The number of nitrogens with one attached hydrogen (secondary N) is 1. The second kappa shape index (κ2) is 6.79. The summed E-state index contributed by atoms with van der Waals surface area (Å²) in [4.78, 5) is 16.5. The van der Waals surface area contributed by atoms with Crippen LogP contribution in [0.4, 0.5) is 5.13 Å². The highest BCUT2D eigenvalue weighted by molar-refractivity contribution is 7.22. The first-order chi connectivity index (χ1) is 11.1. The van der Waals surface area contributed by atoms with Gasteiger partial charge in [-0.1, -0.05) is 35.6 Å². The van der Waals surface area contributed by atoms with Crippen molar-refractivity contribution in [1.29, 1.82) is 0 Å². The molecule has 0 spiro atoms. The van der Waals surface area contributed by atoms with Crippen molar-refractivity contribution in [2.24, 2.45) is 0 Å². The quantitative estimate of drug-likeness (QED) is 0.759. The highest BCUT2D eigenvalue weighted by Crippen LogP contribution is 2.29. The van der Waals surface area contributed by atoms with Crippen molar-refractivity contribution < 1.29 is 9.53 Å². The Hall–Kier alpha value is -2.40. The lowest BCUT2D eigenvalue weighted by Crippen LogP contribution is -2.15. The average Bonchev–Trinajstić information content (AvgIpc) is 2.91. The van der Waals surface area contributed by atoms with Gasteiger partial charge in [-0.15, -0.1) is 0 Å². The van der Waals surface area contributed by atoms with Crippen molar-refractivity contribution in [3.05, 3.63) is 53.6 Å². The van der Waals surface area contributed by atoms with Crippen molar-refractivity contribution in [2.75, 3.05) is 11.9 Å². The molecule has 0 atom stereocenters. The van der Waals surface area contributed by atoms with E-state index in [-0.39, 0.29) is 5.91 Å². The van der Waals surface area contributed by atoms with Crippen LogP contribution >= 0.6 is 11.3 Å². The maximum absolute atomic E-state index is 12.0. The number of carbonyl (C=O) groups excluding carboxylic acids is 1. The minimum atomic E-state index is -0.0886. The Morgan fingerprint density at radius 3 is 2.78 bits per heavy atom. The summed E-state index contributed by atoms with van der Waals surface area (Å²) in [6.07, 6.45) is 0.294. The average molecular weight is 326 g/mol. The van der Waals surface area contributed by atoms with E-state index in [1.807, 2.05) is 37.3 Å². The predicted octanol–water partition coefficient (Wildman–Crippen LogP) is 4.32. The Labute approximate surface area is 139 Å². The topological polar surface area (TPSA) is 51.2 Å². The van der Waals surface area contributed by atoms with E-state index in [2.05, 4.69) is 29.4 Å². The van der Waals surface area contributed by atoms with Crippen LogP contribution in [-0.2, 0) is 4.79 Å². The van der Waals surface area contributed by atoms with Crippen LogP contribution in [-0.4, -0.2) is 17.5 Å². The molecule has 0 aliphatic carbocycles. The van der Waals surface area contributed by atoms with E-state index in [0.29, 0.717) is 18.2 Å². The zero-order chi connectivity index (χ0) is 16.2. The highest BCUT2D eigenvalue weighted by Gasteiger charge is 2.10. The van der Waals surface area contributed by atoms with E-state index >= 15 is 0 Å². The number of hydrogen-bond acceptors (Lipinski definition) is 4. The van der Waals surface area contributed by atoms with Crippen LogP contribution in [0.15, 0.2) is 42.5 Å². The van der Waals surface area contributed by atoms with Crippen molar-refractivity contribution in [1.82, 2.24) is 4.98 Å². The molecule has 0 aliphatic rings. The molecule has 0 aliphatic heterocycles. The molecule has 0 radical (unpaired) electrons. The minimum absolute atomic E-state index is 0.0886. The maximum atomic E-state index is 12.0. The number of nitrogens with zero attached hydrogens (tertiary/aromatic N) is 1. The molecule has 118 valence electrons. The van der Waals surface area contributed by atoms with Crippen LogP contribution in [0.1, 0.15) is 17.5 Å². The lowest BCUT2D eigenvalue weighted by atomic mass is 10.1. The molecule has 0 bridgehead atoms. The third kappa shape index (κ3) is 3.87. The summed E-state index contributed by atoms with van der Waals surface area (Å²) in [5, 5.41) is 3.49. The number of fused-ring (bicyclic) bond motifs is 1. The smallest absolute Gasteiger partial charge is 0.229 e. The molecule has 2 aromatic carbocycles. The Balaban J connectivity index is 1.58. The SMILES string of the molecule is Cc1cc(C)c2nc(NC(=O)CCOc3ccccc3)sc2c1. The number of rotatable bonds is 5. The van der Waals surface area contributed by atoms with Crippen molar-refractivity contribution >= 4 is 32.6 Å². The van der Waals surface area contributed by atoms with Crippen LogP contribution in [0.2, 0.25) is 0 Å². The number of anilines is 1. The Bertz CT molecular complexity index is 828. The molecule has 23 heavy (non-hydrogen) atoms. The highest BCUT2D eigenvalue weighted by atomic mass is 32.1. The summed E-state index contributed by atoms with van der Waals surface area (Å²) in [6.45, 7) is 4.44. The molecule has 0 unspecified atom stereocenters. The van der Waals surface area contributed by atoms with E-state index in [1.54, 1.807) is 0 Å². The van der Waals surface area contributed by atoms with Gasteiger partial charge >= 0.3 is 0 Å². The maximum Gasteiger partial charge on any atom is 0.229 e. The van der Waals surface area contributed by atoms with Gasteiger partial charge < -0.3 is 10.1 Å². The monoisotopic (exact) mass is 326 g/mol. The van der Waals surface area contributed by atoms with E-state index in [0.717, 1.165) is 21.5 Å². The third-order valence-electron chi connectivity index (χ3n) is 3.42. The largest absolute Gasteiger partial charge is 0.493 e. The molecule has 1 amide bonds. The van der Waals surface area contributed by atoms with Gasteiger partial charge in [0.05, 0.1) is 23.2 Å². The van der Waals surface area contributed by atoms with Gasteiger partial charge in [-0.05, 0) is 43.2 Å². The van der Waals surface area contributed by atoms with Gasteiger partial charge in [-0.25, -0.2) is 4.98 Å². The Morgan fingerprint density at radius 2 is 2.00 bits per heavy atom. The standard InChI is InChI=1S/C18H18N2O2S/c1-12-10-13(2)17-15(11-12)23-18(20-17)19-16(21)8-9-22-14-6-4-3-5-7-14/h3-7,10-11H,8-9H2,1-2H3,(H,19,20,21).